The first-order chi connectivity index (χ1) is 10.1. The Balaban J connectivity index is 1.94. The quantitative estimate of drug-likeness (QED) is 0.869. The molecule has 0 heterocycles. The molecule has 0 radical (unpaired) electrons. The van der Waals surface area contributed by atoms with E-state index in [1.54, 1.807) is 0 Å². The summed E-state index contributed by atoms with van der Waals surface area (Å²) in [6.07, 6.45) is 4.22. The van der Waals surface area contributed by atoms with Gasteiger partial charge in [0, 0.05) is 12.1 Å². The first-order valence-electron chi connectivity index (χ1n) is 7.25. The normalized spacial score (nSPS) is 11.0. The number of nitrogens with one attached hydrogen (secondary N) is 1. The third-order valence-electron chi connectivity index (χ3n) is 3.14. The molecule has 1 amide bonds. The van der Waals surface area contributed by atoms with E-state index < -0.39 is 0 Å². The van der Waals surface area contributed by atoms with Crippen LogP contribution < -0.4 is 5.32 Å². The number of hydrogen-bond acceptors (Lipinski definition) is 1. The second kappa shape index (κ2) is 7.44. The predicted molar refractivity (Wildman–Crippen MR) is 87.9 cm³/mol. The van der Waals surface area contributed by atoms with Crippen LogP contribution in [-0.4, -0.2) is 5.91 Å². The fraction of sp³-hybridized carbons (Fsp3) is 0.211. The summed E-state index contributed by atoms with van der Waals surface area (Å²) < 4.78 is 0. The Morgan fingerprint density at radius 3 is 2.33 bits per heavy atom. The molecule has 0 aliphatic rings. The number of carbonyl (C=O) groups is 1. The molecule has 0 spiro atoms. The average molecular weight is 279 g/mol. The first-order valence-corrected chi connectivity index (χ1v) is 7.25. The third-order valence-corrected chi connectivity index (χ3v) is 3.14. The summed E-state index contributed by atoms with van der Waals surface area (Å²) in [6, 6.07) is 17.6. The molecule has 0 aliphatic heterocycles. The molecule has 1 N–H and O–H groups in total. The van der Waals surface area contributed by atoms with Gasteiger partial charge < -0.3 is 5.32 Å². The Bertz CT molecular complexity index is 597. The molecule has 21 heavy (non-hydrogen) atoms. The molecule has 2 heteroatoms. The van der Waals surface area contributed by atoms with Crippen LogP contribution in [0, 0.1) is 5.92 Å². The number of carbonyl (C=O) groups excluding carboxylic acids is 1. The van der Waals surface area contributed by atoms with E-state index in [9.17, 15) is 4.79 Å². The van der Waals surface area contributed by atoms with E-state index in [0.717, 1.165) is 11.1 Å². The van der Waals surface area contributed by atoms with Crippen molar-refractivity contribution < 1.29 is 4.79 Å². The van der Waals surface area contributed by atoms with Crippen LogP contribution in [0.2, 0.25) is 0 Å². The minimum atomic E-state index is -0.0433. The first kappa shape index (κ1) is 15.0. The lowest BCUT2D eigenvalue weighted by molar-refractivity contribution is 0.0951. The Morgan fingerprint density at radius 1 is 1.05 bits per heavy atom. The van der Waals surface area contributed by atoms with Crippen LogP contribution in [-0.2, 0) is 6.54 Å². The summed E-state index contributed by atoms with van der Waals surface area (Å²) in [7, 11) is 0. The SMILES string of the molecule is CC(C)C=Cc1ccc(C(=O)NCc2ccccc2)cc1. The molecule has 2 rings (SSSR count). The lowest BCUT2D eigenvalue weighted by Crippen LogP contribution is -2.22. The van der Waals surface area contributed by atoms with E-state index in [2.05, 4.69) is 31.3 Å². The zero-order valence-corrected chi connectivity index (χ0v) is 12.5. The highest BCUT2D eigenvalue weighted by Gasteiger charge is 2.04. The van der Waals surface area contributed by atoms with Gasteiger partial charge in [-0.3, -0.25) is 4.79 Å². The van der Waals surface area contributed by atoms with Crippen LogP contribution in [0.1, 0.15) is 35.3 Å². The summed E-state index contributed by atoms with van der Waals surface area (Å²) in [5.74, 6) is 0.483. The molecular weight excluding hydrogens is 258 g/mol. The van der Waals surface area contributed by atoms with Crippen molar-refractivity contribution in [3.05, 3.63) is 77.4 Å². The number of benzene rings is 2. The molecule has 0 unspecified atom stereocenters. The molecule has 0 saturated carbocycles. The fourth-order valence-electron chi connectivity index (χ4n) is 1.93. The molecule has 0 aliphatic carbocycles. The summed E-state index contributed by atoms with van der Waals surface area (Å²) in [4.78, 5) is 12.1. The van der Waals surface area contributed by atoms with Gasteiger partial charge in [0.15, 0.2) is 0 Å². The van der Waals surface area contributed by atoms with Gasteiger partial charge in [0.1, 0.15) is 0 Å². The van der Waals surface area contributed by atoms with Crippen molar-refractivity contribution in [2.24, 2.45) is 5.92 Å². The van der Waals surface area contributed by atoms with Crippen molar-refractivity contribution in [3.8, 4) is 0 Å². The second-order valence-corrected chi connectivity index (χ2v) is 5.39. The highest BCUT2D eigenvalue weighted by Crippen LogP contribution is 2.08. The lowest BCUT2D eigenvalue weighted by atomic mass is 10.1. The minimum absolute atomic E-state index is 0.0433. The third kappa shape index (κ3) is 4.92. The second-order valence-electron chi connectivity index (χ2n) is 5.39. The molecular formula is C19H21NO. The lowest BCUT2D eigenvalue weighted by Gasteiger charge is -2.05. The van der Waals surface area contributed by atoms with Gasteiger partial charge >= 0.3 is 0 Å². The predicted octanol–water partition coefficient (Wildman–Crippen LogP) is 4.29. The Labute approximate surface area is 126 Å². The number of rotatable bonds is 5. The minimum Gasteiger partial charge on any atom is -0.348 e. The molecule has 2 aromatic rings. The van der Waals surface area contributed by atoms with E-state index in [1.807, 2.05) is 54.6 Å². The summed E-state index contributed by atoms with van der Waals surface area (Å²) in [5.41, 5.74) is 2.90. The van der Waals surface area contributed by atoms with Crippen LogP contribution in [0.3, 0.4) is 0 Å². The van der Waals surface area contributed by atoms with E-state index in [-0.39, 0.29) is 5.91 Å². The highest BCUT2D eigenvalue weighted by atomic mass is 16.1. The largest absolute Gasteiger partial charge is 0.348 e. The number of hydrogen-bond donors (Lipinski definition) is 1. The van der Waals surface area contributed by atoms with Crippen LogP contribution >= 0.6 is 0 Å². The summed E-state index contributed by atoms with van der Waals surface area (Å²) in [6.45, 7) is 4.83. The smallest absolute Gasteiger partial charge is 0.251 e. The highest BCUT2D eigenvalue weighted by molar-refractivity contribution is 5.94. The van der Waals surface area contributed by atoms with Gasteiger partial charge in [0.05, 0.1) is 0 Å². The Morgan fingerprint density at radius 2 is 1.71 bits per heavy atom. The zero-order valence-electron chi connectivity index (χ0n) is 12.5. The maximum absolute atomic E-state index is 12.1. The van der Waals surface area contributed by atoms with Crippen molar-refractivity contribution in [3.63, 3.8) is 0 Å². The zero-order chi connectivity index (χ0) is 15.1. The molecule has 2 nitrogen and oxygen atoms in total. The van der Waals surface area contributed by atoms with E-state index >= 15 is 0 Å². The van der Waals surface area contributed by atoms with Crippen LogP contribution in [0.25, 0.3) is 6.08 Å². The topological polar surface area (TPSA) is 29.1 Å². The van der Waals surface area contributed by atoms with Crippen molar-refractivity contribution in [1.29, 1.82) is 0 Å². The van der Waals surface area contributed by atoms with Gasteiger partial charge in [0.25, 0.3) is 5.91 Å². The van der Waals surface area contributed by atoms with Crippen LogP contribution in [0.4, 0.5) is 0 Å². The van der Waals surface area contributed by atoms with Gasteiger partial charge in [-0.2, -0.15) is 0 Å². The average Bonchev–Trinajstić information content (AvgIpc) is 2.52. The van der Waals surface area contributed by atoms with Crippen LogP contribution in [0.15, 0.2) is 60.7 Å². The van der Waals surface area contributed by atoms with Gasteiger partial charge in [-0.15, -0.1) is 0 Å². The molecule has 2 aromatic carbocycles. The van der Waals surface area contributed by atoms with Gasteiger partial charge in [0.2, 0.25) is 0 Å². The van der Waals surface area contributed by atoms with Crippen molar-refractivity contribution >= 4 is 12.0 Å². The van der Waals surface area contributed by atoms with E-state index in [1.165, 1.54) is 0 Å². The Kier molecular flexibility index (Phi) is 5.33. The fourth-order valence-corrected chi connectivity index (χ4v) is 1.93. The molecule has 108 valence electrons. The van der Waals surface area contributed by atoms with Gasteiger partial charge in [-0.1, -0.05) is 68.5 Å². The van der Waals surface area contributed by atoms with Gasteiger partial charge in [-0.05, 0) is 29.2 Å². The maximum atomic E-state index is 12.1. The molecule has 0 atom stereocenters. The van der Waals surface area contributed by atoms with Crippen molar-refractivity contribution in [2.45, 2.75) is 20.4 Å². The van der Waals surface area contributed by atoms with Crippen molar-refractivity contribution in [1.82, 2.24) is 5.32 Å². The summed E-state index contributed by atoms with van der Waals surface area (Å²) >= 11 is 0. The monoisotopic (exact) mass is 279 g/mol. The number of allylic oxidation sites excluding steroid dienone is 1. The van der Waals surface area contributed by atoms with E-state index in [4.69, 9.17) is 0 Å². The van der Waals surface area contributed by atoms with E-state index in [0.29, 0.717) is 18.0 Å². The summed E-state index contributed by atoms with van der Waals surface area (Å²) in [5, 5.41) is 2.93. The van der Waals surface area contributed by atoms with Gasteiger partial charge in [-0.25, -0.2) is 0 Å². The van der Waals surface area contributed by atoms with Crippen molar-refractivity contribution in [2.75, 3.05) is 0 Å². The molecule has 0 aromatic heterocycles. The number of amides is 1. The Hall–Kier alpha value is -2.35. The molecule has 0 saturated heterocycles. The molecule has 0 bridgehead atoms. The standard InChI is InChI=1S/C19H21NO/c1-15(2)8-9-16-10-12-18(13-11-16)19(21)20-14-17-6-4-3-5-7-17/h3-13,15H,14H2,1-2H3,(H,20,21). The van der Waals surface area contributed by atoms with Crippen LogP contribution in [0.5, 0.6) is 0 Å². The maximum Gasteiger partial charge on any atom is 0.251 e. The molecule has 0 fully saturated rings.